The van der Waals surface area contributed by atoms with Crippen molar-refractivity contribution in [1.82, 2.24) is 10.2 Å². The number of nitrogens with two attached hydrogens (primary N) is 1. The van der Waals surface area contributed by atoms with Crippen molar-refractivity contribution in [2.24, 2.45) is 11.7 Å². The molecule has 6 nitrogen and oxygen atoms in total. The molecule has 1 aliphatic carbocycles. The molecule has 2 unspecified atom stereocenters. The van der Waals surface area contributed by atoms with Crippen LogP contribution in [0.25, 0.3) is 0 Å². The van der Waals surface area contributed by atoms with Gasteiger partial charge in [0, 0.05) is 42.9 Å². The van der Waals surface area contributed by atoms with Crippen molar-refractivity contribution >= 4 is 29.4 Å². The van der Waals surface area contributed by atoms with E-state index < -0.39 is 0 Å². The zero-order valence-electron chi connectivity index (χ0n) is 15.1. The minimum atomic E-state index is -0.329. The van der Waals surface area contributed by atoms with E-state index in [1.807, 2.05) is 23.9 Å². The molecule has 1 saturated heterocycles. The van der Waals surface area contributed by atoms with Gasteiger partial charge in [-0.3, -0.25) is 4.79 Å². The van der Waals surface area contributed by atoms with E-state index in [1.54, 1.807) is 0 Å². The van der Waals surface area contributed by atoms with Crippen LogP contribution in [0.1, 0.15) is 24.8 Å². The summed E-state index contributed by atoms with van der Waals surface area (Å²) in [5.41, 5.74) is 7.44. The van der Waals surface area contributed by atoms with E-state index in [0.717, 1.165) is 37.9 Å². The summed E-state index contributed by atoms with van der Waals surface area (Å²) in [4.78, 5) is 26.1. The average molecular weight is 377 g/mol. The van der Waals surface area contributed by atoms with Crippen LogP contribution in [0.2, 0.25) is 0 Å². The molecule has 7 heteroatoms. The van der Waals surface area contributed by atoms with Gasteiger partial charge in [-0.05, 0) is 37.0 Å². The summed E-state index contributed by atoms with van der Waals surface area (Å²) in [6.45, 7) is 3.44. The zero-order chi connectivity index (χ0) is 18.4. The number of hydrogen-bond donors (Lipinski definition) is 3. The molecule has 2 aliphatic rings. The van der Waals surface area contributed by atoms with Crippen molar-refractivity contribution < 1.29 is 9.59 Å². The van der Waals surface area contributed by atoms with Crippen LogP contribution in [-0.4, -0.2) is 54.0 Å². The van der Waals surface area contributed by atoms with E-state index in [-0.39, 0.29) is 23.9 Å². The van der Waals surface area contributed by atoms with Gasteiger partial charge in [-0.1, -0.05) is 18.6 Å². The standard InChI is InChI=1S/C19H28N4O2S/c20-18(24)16-2-1-3-17(16)22-19(25)21-15-6-4-14(5-7-15)8-9-23-10-12-26-13-11-23/h4-7,16-17H,1-3,8-13H2,(H2,20,24)(H2,21,22,25). The normalized spacial score (nSPS) is 23.5. The number of anilines is 1. The Morgan fingerprint density at radius 1 is 1.15 bits per heavy atom. The number of nitrogens with zero attached hydrogens (tertiary/aromatic N) is 1. The molecule has 0 aromatic heterocycles. The van der Waals surface area contributed by atoms with Crippen LogP contribution >= 0.6 is 11.8 Å². The third kappa shape index (κ3) is 5.38. The van der Waals surface area contributed by atoms with Gasteiger partial charge in [-0.2, -0.15) is 11.8 Å². The molecule has 3 rings (SSSR count). The Balaban J connectivity index is 1.44. The smallest absolute Gasteiger partial charge is 0.319 e. The second kappa shape index (κ2) is 9.28. The monoisotopic (exact) mass is 376 g/mol. The molecule has 26 heavy (non-hydrogen) atoms. The Morgan fingerprint density at radius 2 is 1.88 bits per heavy atom. The fourth-order valence-electron chi connectivity index (χ4n) is 3.68. The lowest BCUT2D eigenvalue weighted by Gasteiger charge is -2.26. The number of benzene rings is 1. The molecular weight excluding hydrogens is 348 g/mol. The van der Waals surface area contributed by atoms with Crippen LogP contribution in [0.4, 0.5) is 10.5 Å². The number of urea groups is 1. The molecule has 4 N–H and O–H groups in total. The van der Waals surface area contributed by atoms with Gasteiger partial charge in [0.25, 0.3) is 0 Å². The zero-order valence-corrected chi connectivity index (χ0v) is 15.9. The van der Waals surface area contributed by atoms with Crippen LogP contribution in [-0.2, 0) is 11.2 Å². The molecule has 0 bridgehead atoms. The maximum absolute atomic E-state index is 12.2. The van der Waals surface area contributed by atoms with Crippen LogP contribution in [0, 0.1) is 5.92 Å². The highest BCUT2D eigenvalue weighted by atomic mass is 32.2. The number of amides is 3. The lowest BCUT2D eigenvalue weighted by atomic mass is 10.0. The van der Waals surface area contributed by atoms with Gasteiger partial charge in [0.15, 0.2) is 0 Å². The topological polar surface area (TPSA) is 87.5 Å². The fraction of sp³-hybridized carbons (Fsp3) is 0.579. The molecule has 3 amide bonds. The van der Waals surface area contributed by atoms with E-state index in [2.05, 4.69) is 27.7 Å². The molecule has 1 aromatic carbocycles. The summed E-state index contributed by atoms with van der Waals surface area (Å²) >= 11 is 2.03. The fourth-order valence-corrected chi connectivity index (χ4v) is 4.65. The van der Waals surface area contributed by atoms with Gasteiger partial charge in [-0.15, -0.1) is 0 Å². The number of rotatable bonds is 6. The molecule has 142 valence electrons. The minimum absolute atomic E-state index is 0.158. The first-order valence-electron chi connectivity index (χ1n) is 9.38. The SMILES string of the molecule is NC(=O)C1CCCC1NC(=O)Nc1ccc(CCN2CCSCC2)cc1. The summed E-state index contributed by atoms with van der Waals surface area (Å²) in [6.07, 6.45) is 3.50. The highest BCUT2D eigenvalue weighted by Gasteiger charge is 2.32. The lowest BCUT2D eigenvalue weighted by molar-refractivity contribution is -0.122. The molecule has 0 spiro atoms. The molecular formula is C19H28N4O2S. The molecule has 0 radical (unpaired) electrons. The maximum atomic E-state index is 12.2. The second-order valence-electron chi connectivity index (χ2n) is 7.05. The lowest BCUT2D eigenvalue weighted by Crippen LogP contribution is -2.44. The first-order chi connectivity index (χ1) is 12.6. The van der Waals surface area contributed by atoms with E-state index in [0.29, 0.717) is 0 Å². The summed E-state index contributed by atoms with van der Waals surface area (Å²) < 4.78 is 0. The number of thioether (sulfide) groups is 1. The first-order valence-corrected chi connectivity index (χ1v) is 10.5. The molecule has 1 saturated carbocycles. The molecule has 2 fully saturated rings. The summed E-state index contributed by atoms with van der Waals surface area (Å²) in [5, 5.41) is 5.73. The van der Waals surface area contributed by atoms with Gasteiger partial charge in [0.2, 0.25) is 5.91 Å². The number of hydrogen-bond acceptors (Lipinski definition) is 4. The predicted molar refractivity (Wildman–Crippen MR) is 106 cm³/mol. The van der Waals surface area contributed by atoms with Crippen molar-refractivity contribution in [3.05, 3.63) is 29.8 Å². The Labute approximate surface area is 159 Å². The van der Waals surface area contributed by atoms with E-state index in [4.69, 9.17) is 5.73 Å². The number of nitrogens with one attached hydrogen (secondary N) is 2. The van der Waals surface area contributed by atoms with Crippen LogP contribution < -0.4 is 16.4 Å². The van der Waals surface area contributed by atoms with Gasteiger partial charge >= 0.3 is 6.03 Å². The predicted octanol–water partition coefficient (Wildman–Crippen LogP) is 2.05. The quantitative estimate of drug-likeness (QED) is 0.709. The van der Waals surface area contributed by atoms with Gasteiger partial charge in [0.1, 0.15) is 0 Å². The highest BCUT2D eigenvalue weighted by molar-refractivity contribution is 7.99. The van der Waals surface area contributed by atoms with Crippen molar-refractivity contribution in [3.8, 4) is 0 Å². The Bertz CT molecular complexity index is 616. The Kier molecular flexibility index (Phi) is 6.80. The molecule has 1 heterocycles. The average Bonchev–Trinajstić information content (AvgIpc) is 3.10. The van der Waals surface area contributed by atoms with E-state index in [9.17, 15) is 9.59 Å². The summed E-state index contributed by atoms with van der Waals surface area (Å²) in [6, 6.07) is 7.56. The molecule has 1 aromatic rings. The first kappa shape index (κ1) is 19.0. The van der Waals surface area contributed by atoms with E-state index >= 15 is 0 Å². The Hall–Kier alpha value is -1.73. The number of carbonyl (C=O) groups is 2. The van der Waals surface area contributed by atoms with E-state index in [1.165, 1.54) is 30.2 Å². The van der Waals surface area contributed by atoms with Crippen LogP contribution in [0.15, 0.2) is 24.3 Å². The minimum Gasteiger partial charge on any atom is -0.369 e. The third-order valence-corrected chi connectivity index (χ3v) is 6.17. The second-order valence-corrected chi connectivity index (χ2v) is 8.27. The van der Waals surface area contributed by atoms with Crippen LogP contribution in [0.3, 0.4) is 0 Å². The molecule has 1 aliphatic heterocycles. The number of primary amides is 1. The highest BCUT2D eigenvalue weighted by Crippen LogP contribution is 2.25. The van der Waals surface area contributed by atoms with Crippen molar-refractivity contribution in [2.75, 3.05) is 36.5 Å². The van der Waals surface area contributed by atoms with Crippen LogP contribution in [0.5, 0.6) is 0 Å². The number of carbonyl (C=O) groups excluding carboxylic acids is 2. The summed E-state index contributed by atoms with van der Waals surface area (Å²) in [7, 11) is 0. The molecule has 2 atom stereocenters. The summed E-state index contributed by atoms with van der Waals surface area (Å²) in [5.74, 6) is 1.88. The van der Waals surface area contributed by atoms with Gasteiger partial charge in [0.05, 0.1) is 5.92 Å². The van der Waals surface area contributed by atoms with Gasteiger partial charge < -0.3 is 21.3 Å². The van der Waals surface area contributed by atoms with Crippen molar-refractivity contribution in [3.63, 3.8) is 0 Å². The van der Waals surface area contributed by atoms with Crippen molar-refractivity contribution in [2.45, 2.75) is 31.7 Å². The maximum Gasteiger partial charge on any atom is 0.319 e. The van der Waals surface area contributed by atoms with Crippen molar-refractivity contribution in [1.29, 1.82) is 0 Å². The third-order valence-electron chi connectivity index (χ3n) is 5.23. The van der Waals surface area contributed by atoms with Gasteiger partial charge in [-0.25, -0.2) is 4.79 Å². The largest absolute Gasteiger partial charge is 0.369 e. The Morgan fingerprint density at radius 3 is 2.58 bits per heavy atom.